The van der Waals surface area contributed by atoms with Crippen LogP contribution in [0.25, 0.3) is 0 Å². The van der Waals surface area contributed by atoms with Crippen LogP contribution >= 0.6 is 11.6 Å². The van der Waals surface area contributed by atoms with E-state index in [-0.39, 0.29) is 16.5 Å². The molecule has 0 fully saturated rings. The number of amides is 1. The lowest BCUT2D eigenvalue weighted by molar-refractivity contribution is 0.0697. The fourth-order valence-corrected chi connectivity index (χ4v) is 2.13. The Kier molecular flexibility index (Phi) is 4.14. The van der Waals surface area contributed by atoms with Gasteiger partial charge in [-0.1, -0.05) is 17.7 Å². The zero-order chi connectivity index (χ0) is 15.6. The average Bonchev–Trinajstić information content (AvgIpc) is 2.41. The van der Waals surface area contributed by atoms with Crippen molar-refractivity contribution in [2.24, 2.45) is 0 Å². The molecule has 0 aromatic heterocycles. The van der Waals surface area contributed by atoms with Crippen LogP contribution in [0.15, 0.2) is 36.4 Å². The van der Waals surface area contributed by atoms with E-state index >= 15 is 0 Å². The van der Waals surface area contributed by atoms with E-state index in [9.17, 15) is 9.59 Å². The number of carbonyl (C=O) groups excluding carboxylic acids is 1. The number of nitrogen functional groups attached to an aromatic ring is 1. The predicted octanol–water partition coefficient (Wildman–Crippen LogP) is 3.18. The lowest BCUT2D eigenvalue weighted by Gasteiger charge is -2.10. The number of halogens is 1. The summed E-state index contributed by atoms with van der Waals surface area (Å²) in [6.07, 6.45) is 0. The normalized spacial score (nSPS) is 10.2. The molecule has 2 aromatic carbocycles. The number of benzene rings is 2. The largest absolute Gasteiger partial charge is 0.478 e. The summed E-state index contributed by atoms with van der Waals surface area (Å²) < 4.78 is 0. The summed E-state index contributed by atoms with van der Waals surface area (Å²) in [4.78, 5) is 23.1. The van der Waals surface area contributed by atoms with E-state index in [1.165, 1.54) is 18.2 Å². The average molecular weight is 305 g/mol. The summed E-state index contributed by atoms with van der Waals surface area (Å²) >= 11 is 5.86. The zero-order valence-electron chi connectivity index (χ0n) is 11.2. The molecule has 5 nitrogen and oxygen atoms in total. The molecule has 2 aromatic rings. The van der Waals surface area contributed by atoms with Crippen molar-refractivity contribution in [1.29, 1.82) is 0 Å². The Hall–Kier alpha value is -2.53. The Morgan fingerprint density at radius 3 is 2.52 bits per heavy atom. The topological polar surface area (TPSA) is 92.4 Å². The number of hydrogen-bond acceptors (Lipinski definition) is 3. The maximum Gasteiger partial charge on any atom is 0.337 e. The van der Waals surface area contributed by atoms with Gasteiger partial charge in [0.15, 0.2) is 0 Å². The lowest BCUT2D eigenvalue weighted by Crippen LogP contribution is -2.14. The van der Waals surface area contributed by atoms with Gasteiger partial charge in [0, 0.05) is 16.9 Å². The smallest absolute Gasteiger partial charge is 0.337 e. The highest BCUT2D eigenvalue weighted by Crippen LogP contribution is 2.22. The molecule has 0 saturated carbocycles. The van der Waals surface area contributed by atoms with Crippen LogP contribution in [0, 0.1) is 6.92 Å². The molecule has 0 bridgehead atoms. The van der Waals surface area contributed by atoms with Gasteiger partial charge in [0.25, 0.3) is 5.91 Å². The number of nitrogens with two attached hydrogens (primary N) is 1. The molecule has 0 aliphatic rings. The van der Waals surface area contributed by atoms with Crippen molar-refractivity contribution in [3.8, 4) is 0 Å². The summed E-state index contributed by atoms with van der Waals surface area (Å²) in [5.74, 6) is -1.46. The molecule has 0 atom stereocenters. The van der Waals surface area contributed by atoms with Gasteiger partial charge in [-0.25, -0.2) is 4.79 Å². The molecule has 0 heterocycles. The number of carbonyl (C=O) groups is 2. The van der Waals surface area contributed by atoms with Gasteiger partial charge in [-0.05, 0) is 42.8 Å². The molecular formula is C15H13ClN2O3. The second kappa shape index (κ2) is 5.85. The minimum atomic E-state index is -1.12. The minimum Gasteiger partial charge on any atom is -0.478 e. The van der Waals surface area contributed by atoms with E-state index in [1.807, 2.05) is 0 Å². The molecule has 2 rings (SSSR count). The third-order valence-electron chi connectivity index (χ3n) is 3.08. The first-order chi connectivity index (χ1) is 9.90. The van der Waals surface area contributed by atoms with Gasteiger partial charge in [-0.2, -0.15) is 0 Å². The Labute approximate surface area is 126 Å². The molecule has 0 radical (unpaired) electrons. The third-order valence-corrected chi connectivity index (χ3v) is 3.39. The molecule has 0 saturated heterocycles. The van der Waals surface area contributed by atoms with Gasteiger partial charge in [0.05, 0.1) is 10.6 Å². The Balaban J connectivity index is 2.26. The van der Waals surface area contributed by atoms with Crippen LogP contribution in [0.4, 0.5) is 11.4 Å². The van der Waals surface area contributed by atoms with E-state index in [0.29, 0.717) is 22.5 Å². The molecule has 0 aliphatic heterocycles. The maximum atomic E-state index is 12.2. The second-order valence-electron chi connectivity index (χ2n) is 4.47. The lowest BCUT2D eigenvalue weighted by atomic mass is 10.1. The van der Waals surface area contributed by atoms with Gasteiger partial charge in [0.2, 0.25) is 0 Å². The number of aromatic carboxylic acids is 1. The third kappa shape index (κ3) is 3.14. The number of nitrogens with one attached hydrogen (secondary N) is 1. The molecule has 0 spiro atoms. The molecular weight excluding hydrogens is 292 g/mol. The molecule has 6 heteroatoms. The van der Waals surface area contributed by atoms with E-state index in [2.05, 4.69) is 5.32 Å². The van der Waals surface area contributed by atoms with Gasteiger partial charge < -0.3 is 16.2 Å². The van der Waals surface area contributed by atoms with Crippen LogP contribution in [0.2, 0.25) is 5.02 Å². The molecule has 4 N–H and O–H groups in total. The number of hydrogen-bond donors (Lipinski definition) is 3. The van der Waals surface area contributed by atoms with Crippen molar-refractivity contribution in [1.82, 2.24) is 0 Å². The van der Waals surface area contributed by atoms with Crippen molar-refractivity contribution in [2.75, 3.05) is 11.1 Å². The van der Waals surface area contributed by atoms with Crippen molar-refractivity contribution in [3.05, 3.63) is 58.1 Å². The first kappa shape index (κ1) is 14.9. The first-order valence-corrected chi connectivity index (χ1v) is 6.47. The van der Waals surface area contributed by atoms with Gasteiger partial charge >= 0.3 is 5.97 Å². The maximum absolute atomic E-state index is 12.2. The van der Waals surface area contributed by atoms with Crippen LogP contribution < -0.4 is 11.1 Å². The summed E-state index contributed by atoms with van der Waals surface area (Å²) in [7, 11) is 0. The van der Waals surface area contributed by atoms with Gasteiger partial charge in [0.1, 0.15) is 0 Å². The quantitative estimate of drug-likeness (QED) is 0.759. The summed E-state index contributed by atoms with van der Waals surface area (Å²) in [6.45, 7) is 1.75. The van der Waals surface area contributed by atoms with Crippen LogP contribution in [0.3, 0.4) is 0 Å². The van der Waals surface area contributed by atoms with Crippen molar-refractivity contribution in [2.45, 2.75) is 6.92 Å². The number of rotatable bonds is 3. The fourth-order valence-electron chi connectivity index (χ4n) is 1.86. The minimum absolute atomic E-state index is 0.0187. The molecule has 1 amide bonds. The summed E-state index contributed by atoms with van der Waals surface area (Å²) in [5.41, 5.74) is 7.82. The van der Waals surface area contributed by atoms with E-state index in [4.69, 9.17) is 22.4 Å². The number of anilines is 2. The molecule has 21 heavy (non-hydrogen) atoms. The monoisotopic (exact) mass is 304 g/mol. The van der Waals surface area contributed by atoms with Gasteiger partial charge in [-0.15, -0.1) is 0 Å². The molecule has 0 unspecified atom stereocenters. The Bertz CT molecular complexity index is 729. The van der Waals surface area contributed by atoms with E-state index in [1.54, 1.807) is 25.1 Å². The van der Waals surface area contributed by atoms with Crippen LogP contribution in [0.5, 0.6) is 0 Å². The highest BCUT2D eigenvalue weighted by atomic mass is 35.5. The molecule has 0 aliphatic carbocycles. The van der Waals surface area contributed by atoms with E-state index < -0.39 is 5.97 Å². The van der Waals surface area contributed by atoms with Crippen molar-refractivity contribution < 1.29 is 14.7 Å². The fraction of sp³-hybridized carbons (Fsp3) is 0.0667. The predicted molar refractivity (Wildman–Crippen MR) is 82.0 cm³/mol. The van der Waals surface area contributed by atoms with Crippen molar-refractivity contribution in [3.63, 3.8) is 0 Å². The summed E-state index contributed by atoms with van der Waals surface area (Å²) in [5, 5.41) is 11.6. The van der Waals surface area contributed by atoms with Gasteiger partial charge in [-0.3, -0.25) is 4.79 Å². The summed E-state index contributed by atoms with van der Waals surface area (Å²) in [6, 6.07) is 9.28. The van der Waals surface area contributed by atoms with E-state index in [0.717, 1.165) is 0 Å². The first-order valence-electron chi connectivity index (χ1n) is 6.09. The van der Waals surface area contributed by atoms with Crippen LogP contribution in [0.1, 0.15) is 26.3 Å². The Morgan fingerprint density at radius 1 is 1.19 bits per heavy atom. The Morgan fingerprint density at radius 2 is 1.90 bits per heavy atom. The van der Waals surface area contributed by atoms with Crippen LogP contribution in [-0.4, -0.2) is 17.0 Å². The standard InChI is InChI=1S/C15H13ClN2O3/c1-8-10(3-2-4-13(8)17)14(19)18-9-5-6-11(15(20)21)12(16)7-9/h2-7H,17H2,1H3,(H,18,19)(H,20,21). The van der Waals surface area contributed by atoms with Crippen molar-refractivity contribution >= 4 is 34.9 Å². The zero-order valence-corrected chi connectivity index (χ0v) is 11.9. The van der Waals surface area contributed by atoms with Crippen LogP contribution in [-0.2, 0) is 0 Å². The highest BCUT2D eigenvalue weighted by Gasteiger charge is 2.13. The number of carboxylic acid groups (broad SMARTS) is 1. The second-order valence-corrected chi connectivity index (χ2v) is 4.88. The molecule has 108 valence electrons. The SMILES string of the molecule is Cc1c(N)cccc1C(=O)Nc1ccc(C(=O)O)c(Cl)c1. The number of carboxylic acids is 1. The highest BCUT2D eigenvalue weighted by molar-refractivity contribution is 6.33.